The van der Waals surface area contributed by atoms with Crippen LogP contribution < -0.4 is 11.1 Å². The first-order valence-electron chi connectivity index (χ1n) is 6.52. The van der Waals surface area contributed by atoms with E-state index >= 15 is 0 Å². The Morgan fingerprint density at radius 3 is 2.45 bits per heavy atom. The Balaban J connectivity index is 2.84. The number of benzene rings is 1. The number of hydrogen-bond donors (Lipinski definition) is 3. The van der Waals surface area contributed by atoms with Gasteiger partial charge in [-0.05, 0) is 44.5 Å². The third-order valence-electron chi connectivity index (χ3n) is 2.59. The van der Waals surface area contributed by atoms with Gasteiger partial charge in [-0.15, -0.1) is 0 Å². The molecule has 1 rings (SSSR count). The Hall–Kier alpha value is -1.96. The molecule has 1 aromatic rings. The lowest BCUT2D eigenvalue weighted by atomic mass is 10.0. The number of phenolic OH excluding ortho intramolecular Hbond substituents is 1. The molecule has 0 saturated heterocycles. The lowest BCUT2D eigenvalue weighted by Crippen LogP contribution is -2.39. The third kappa shape index (κ3) is 5.80. The summed E-state index contributed by atoms with van der Waals surface area (Å²) in [7, 11) is 0. The van der Waals surface area contributed by atoms with Crippen molar-refractivity contribution in [3.05, 3.63) is 23.8 Å². The van der Waals surface area contributed by atoms with Crippen LogP contribution in [0.2, 0.25) is 0 Å². The number of hydrogen-bond acceptors (Lipinski definition) is 4. The molecule has 0 aliphatic heterocycles. The molecular weight excluding hydrogens is 301 g/mol. The maximum absolute atomic E-state index is 12.5. The van der Waals surface area contributed by atoms with Crippen LogP contribution in [-0.4, -0.2) is 29.0 Å². The van der Waals surface area contributed by atoms with Crippen molar-refractivity contribution >= 4 is 11.8 Å². The summed E-state index contributed by atoms with van der Waals surface area (Å²) in [5.74, 6) is -0.325. The number of aromatic hydroxyl groups is 1. The molecule has 1 amide bonds. The van der Waals surface area contributed by atoms with Gasteiger partial charge in [0, 0.05) is 12.1 Å². The molecule has 124 valence electrons. The molecule has 0 aliphatic carbocycles. The van der Waals surface area contributed by atoms with E-state index in [0.29, 0.717) is 0 Å². The molecular formula is C14H19F3N2O3. The highest BCUT2D eigenvalue weighted by Gasteiger charge is 2.37. The molecule has 8 heteroatoms. The van der Waals surface area contributed by atoms with Crippen molar-refractivity contribution in [2.75, 3.05) is 5.32 Å². The summed E-state index contributed by atoms with van der Waals surface area (Å²) >= 11 is 0. The first-order valence-corrected chi connectivity index (χ1v) is 6.52. The topological polar surface area (TPSA) is 84.6 Å². The number of phenols is 1. The summed E-state index contributed by atoms with van der Waals surface area (Å²) < 4.78 is 42.4. The number of anilines is 1. The smallest absolute Gasteiger partial charge is 0.412 e. The number of rotatable bonds is 3. The number of alkyl halides is 3. The first-order chi connectivity index (χ1) is 9.88. The van der Waals surface area contributed by atoms with E-state index in [9.17, 15) is 23.1 Å². The Labute approximate surface area is 126 Å². The van der Waals surface area contributed by atoms with Crippen LogP contribution in [0.5, 0.6) is 5.75 Å². The molecule has 1 unspecified atom stereocenters. The first kappa shape index (κ1) is 18.1. The summed E-state index contributed by atoms with van der Waals surface area (Å²) in [6, 6.07) is 1.66. The zero-order valence-electron chi connectivity index (χ0n) is 12.5. The summed E-state index contributed by atoms with van der Waals surface area (Å²) in [6.07, 6.45) is -5.91. The van der Waals surface area contributed by atoms with Gasteiger partial charge in [0.05, 0.1) is 0 Å². The largest absolute Gasteiger partial charge is 0.508 e. The highest BCUT2D eigenvalue weighted by molar-refractivity contribution is 5.85. The zero-order valence-corrected chi connectivity index (χ0v) is 12.5. The Morgan fingerprint density at radius 1 is 1.36 bits per heavy atom. The van der Waals surface area contributed by atoms with Crippen molar-refractivity contribution in [2.24, 2.45) is 5.73 Å². The monoisotopic (exact) mass is 320 g/mol. The molecule has 5 nitrogen and oxygen atoms in total. The number of nitrogens with two attached hydrogens (primary N) is 1. The minimum Gasteiger partial charge on any atom is -0.508 e. The Morgan fingerprint density at radius 2 is 1.95 bits per heavy atom. The van der Waals surface area contributed by atoms with Crippen LogP contribution in [0.4, 0.5) is 23.7 Å². The zero-order chi connectivity index (χ0) is 17.1. The average Bonchev–Trinajstić information content (AvgIpc) is 2.29. The quantitative estimate of drug-likeness (QED) is 0.747. The van der Waals surface area contributed by atoms with Crippen molar-refractivity contribution in [1.29, 1.82) is 0 Å². The lowest BCUT2D eigenvalue weighted by molar-refractivity contribution is -0.147. The fourth-order valence-electron chi connectivity index (χ4n) is 1.60. The summed E-state index contributed by atoms with van der Waals surface area (Å²) in [5, 5.41) is 12.0. The van der Waals surface area contributed by atoms with Crippen molar-refractivity contribution in [3.63, 3.8) is 0 Å². The van der Waals surface area contributed by atoms with Crippen LogP contribution in [0.15, 0.2) is 18.2 Å². The average molecular weight is 320 g/mol. The molecule has 0 saturated carbocycles. The van der Waals surface area contributed by atoms with Gasteiger partial charge >= 0.3 is 12.3 Å². The van der Waals surface area contributed by atoms with Crippen LogP contribution in [-0.2, 0) is 11.2 Å². The fourth-order valence-corrected chi connectivity index (χ4v) is 1.60. The summed E-state index contributed by atoms with van der Waals surface area (Å²) in [5.41, 5.74) is 4.52. The van der Waals surface area contributed by atoms with Crippen LogP contribution in [0.1, 0.15) is 26.3 Å². The van der Waals surface area contributed by atoms with Gasteiger partial charge in [-0.1, -0.05) is 0 Å². The minimum absolute atomic E-state index is 0.0154. The van der Waals surface area contributed by atoms with Crippen molar-refractivity contribution < 1.29 is 27.8 Å². The predicted molar refractivity (Wildman–Crippen MR) is 75.7 cm³/mol. The molecule has 0 bridgehead atoms. The van der Waals surface area contributed by atoms with Gasteiger partial charge in [0.25, 0.3) is 0 Å². The van der Waals surface area contributed by atoms with Gasteiger partial charge in [0.2, 0.25) is 0 Å². The van der Waals surface area contributed by atoms with Crippen molar-refractivity contribution in [1.82, 2.24) is 0 Å². The molecule has 0 aliphatic rings. The Bertz CT molecular complexity index is 539. The fraction of sp³-hybridized carbons (Fsp3) is 0.500. The minimum atomic E-state index is -4.57. The van der Waals surface area contributed by atoms with E-state index in [0.717, 1.165) is 0 Å². The van der Waals surface area contributed by atoms with E-state index in [1.54, 1.807) is 20.8 Å². The van der Waals surface area contributed by atoms with Crippen molar-refractivity contribution in [3.8, 4) is 5.75 Å². The molecule has 0 radical (unpaired) electrons. The van der Waals surface area contributed by atoms with E-state index in [-0.39, 0.29) is 17.0 Å². The maximum atomic E-state index is 12.5. The highest BCUT2D eigenvalue weighted by atomic mass is 19.4. The van der Waals surface area contributed by atoms with Gasteiger partial charge in [0.15, 0.2) is 0 Å². The van der Waals surface area contributed by atoms with Gasteiger partial charge in [-0.3, -0.25) is 5.32 Å². The molecule has 1 aromatic carbocycles. The van der Waals surface area contributed by atoms with E-state index in [1.165, 1.54) is 18.2 Å². The van der Waals surface area contributed by atoms with Gasteiger partial charge < -0.3 is 15.6 Å². The highest BCUT2D eigenvalue weighted by Crippen LogP contribution is 2.27. The third-order valence-corrected chi connectivity index (χ3v) is 2.59. The van der Waals surface area contributed by atoms with E-state index in [2.05, 4.69) is 5.32 Å². The van der Waals surface area contributed by atoms with Crippen LogP contribution >= 0.6 is 0 Å². The molecule has 4 N–H and O–H groups in total. The van der Waals surface area contributed by atoms with Gasteiger partial charge in [0.1, 0.15) is 17.4 Å². The number of ether oxygens (including phenoxy) is 1. The van der Waals surface area contributed by atoms with E-state index in [4.69, 9.17) is 10.5 Å². The number of carbonyl (C=O) groups is 1. The van der Waals surface area contributed by atoms with Gasteiger partial charge in [-0.2, -0.15) is 13.2 Å². The number of halogens is 3. The number of carbonyl (C=O) groups excluding carboxylic acids is 1. The van der Waals surface area contributed by atoms with Crippen LogP contribution in [0.3, 0.4) is 0 Å². The normalized spacial score (nSPS) is 13.6. The molecule has 0 spiro atoms. The van der Waals surface area contributed by atoms with Crippen LogP contribution in [0.25, 0.3) is 0 Å². The lowest BCUT2D eigenvalue weighted by Gasteiger charge is -2.20. The molecule has 1 atom stereocenters. The maximum Gasteiger partial charge on any atom is 0.412 e. The second-order valence-corrected chi connectivity index (χ2v) is 5.82. The molecule has 0 aromatic heterocycles. The second kappa shape index (κ2) is 6.43. The summed E-state index contributed by atoms with van der Waals surface area (Å²) in [4.78, 5) is 11.6. The predicted octanol–water partition coefficient (Wildman–Crippen LogP) is 3.17. The van der Waals surface area contributed by atoms with E-state index < -0.39 is 30.3 Å². The van der Waals surface area contributed by atoms with E-state index in [1.807, 2.05) is 0 Å². The van der Waals surface area contributed by atoms with Gasteiger partial charge in [-0.25, -0.2) is 4.79 Å². The standard InChI is InChI=1S/C14H19F3N2O3/c1-13(2,3)22-12(21)19-9-4-5-10(20)8(6-9)7-11(18)14(15,16)17/h4-6,11,20H,7,18H2,1-3H3,(H,19,21). The van der Waals surface area contributed by atoms with Crippen LogP contribution in [0, 0.1) is 0 Å². The summed E-state index contributed by atoms with van der Waals surface area (Å²) in [6.45, 7) is 5.03. The Kier molecular flexibility index (Phi) is 5.29. The molecule has 22 heavy (non-hydrogen) atoms. The molecule has 0 heterocycles. The SMILES string of the molecule is CC(C)(C)OC(=O)Nc1ccc(O)c(CC(N)C(F)(F)F)c1. The number of amides is 1. The molecule has 0 fully saturated rings. The van der Waals surface area contributed by atoms with Crippen molar-refractivity contribution in [2.45, 2.75) is 45.0 Å². The second-order valence-electron chi connectivity index (χ2n) is 5.82. The number of nitrogens with one attached hydrogen (secondary N) is 1.